The molecule has 1 aromatic carbocycles. The lowest BCUT2D eigenvalue weighted by Crippen LogP contribution is -2.43. The van der Waals surface area contributed by atoms with Gasteiger partial charge in [-0.25, -0.2) is 0 Å². The van der Waals surface area contributed by atoms with Crippen molar-refractivity contribution in [3.05, 3.63) is 42.0 Å². The van der Waals surface area contributed by atoms with Crippen LogP contribution in [-0.2, 0) is 9.59 Å². The Balaban J connectivity index is 1.76. The van der Waals surface area contributed by atoms with E-state index in [0.29, 0.717) is 13.1 Å². The Morgan fingerprint density at radius 1 is 1.25 bits per heavy atom. The molecule has 130 valence electrons. The van der Waals surface area contributed by atoms with Gasteiger partial charge in [-0.15, -0.1) is 6.58 Å². The number of anilines is 1. The molecule has 1 aromatic rings. The zero-order valence-corrected chi connectivity index (χ0v) is 14.6. The van der Waals surface area contributed by atoms with Gasteiger partial charge in [-0.05, 0) is 63.0 Å². The molecule has 0 aromatic heterocycles. The predicted octanol–water partition coefficient (Wildman–Crippen LogP) is 2.26. The molecule has 1 saturated heterocycles. The second-order valence-corrected chi connectivity index (χ2v) is 6.43. The molecule has 2 N–H and O–H groups in total. The average Bonchev–Trinajstić information content (AvgIpc) is 2.56. The molecule has 2 rings (SSSR count). The SMILES string of the molecule is C=CCNC(=O)C1CCN(CC(=O)Nc2ccc(C)c(C)c2)CC1. The van der Waals surface area contributed by atoms with Crippen molar-refractivity contribution in [3.63, 3.8) is 0 Å². The summed E-state index contributed by atoms with van der Waals surface area (Å²) in [6.07, 6.45) is 3.27. The van der Waals surface area contributed by atoms with Crippen molar-refractivity contribution in [3.8, 4) is 0 Å². The van der Waals surface area contributed by atoms with Gasteiger partial charge in [-0.2, -0.15) is 0 Å². The van der Waals surface area contributed by atoms with E-state index in [-0.39, 0.29) is 17.7 Å². The fourth-order valence-electron chi connectivity index (χ4n) is 2.89. The Bertz CT molecular complexity index is 605. The summed E-state index contributed by atoms with van der Waals surface area (Å²) in [7, 11) is 0. The summed E-state index contributed by atoms with van der Waals surface area (Å²) in [5.74, 6) is 0.131. The minimum absolute atomic E-state index is 0.00666. The third kappa shape index (κ3) is 5.20. The van der Waals surface area contributed by atoms with Crippen LogP contribution in [0, 0.1) is 19.8 Å². The topological polar surface area (TPSA) is 61.4 Å². The van der Waals surface area contributed by atoms with Crippen molar-refractivity contribution >= 4 is 17.5 Å². The summed E-state index contributed by atoms with van der Waals surface area (Å²) in [6.45, 7) is 10.1. The van der Waals surface area contributed by atoms with Gasteiger partial charge < -0.3 is 10.6 Å². The summed E-state index contributed by atoms with van der Waals surface area (Å²) in [6, 6.07) is 5.93. The first-order valence-corrected chi connectivity index (χ1v) is 8.47. The van der Waals surface area contributed by atoms with Crippen LogP contribution in [0.1, 0.15) is 24.0 Å². The van der Waals surface area contributed by atoms with Gasteiger partial charge >= 0.3 is 0 Å². The number of amides is 2. The molecule has 0 aliphatic carbocycles. The van der Waals surface area contributed by atoms with E-state index in [9.17, 15) is 9.59 Å². The largest absolute Gasteiger partial charge is 0.352 e. The maximum Gasteiger partial charge on any atom is 0.238 e. The Kier molecular flexibility index (Phi) is 6.55. The Labute approximate surface area is 144 Å². The van der Waals surface area contributed by atoms with Crippen LogP contribution >= 0.6 is 0 Å². The smallest absolute Gasteiger partial charge is 0.238 e. The normalized spacial score (nSPS) is 15.8. The quantitative estimate of drug-likeness (QED) is 0.787. The number of carbonyl (C=O) groups excluding carboxylic acids is 2. The molecule has 2 amide bonds. The summed E-state index contributed by atoms with van der Waals surface area (Å²) < 4.78 is 0. The van der Waals surface area contributed by atoms with Gasteiger partial charge in [0.15, 0.2) is 0 Å². The van der Waals surface area contributed by atoms with Crippen molar-refractivity contribution in [2.75, 3.05) is 31.5 Å². The molecule has 0 radical (unpaired) electrons. The Morgan fingerprint density at radius 2 is 1.96 bits per heavy atom. The van der Waals surface area contributed by atoms with Gasteiger partial charge in [0.1, 0.15) is 0 Å². The van der Waals surface area contributed by atoms with Crippen molar-refractivity contribution in [2.24, 2.45) is 5.92 Å². The highest BCUT2D eigenvalue weighted by Crippen LogP contribution is 2.18. The highest BCUT2D eigenvalue weighted by Gasteiger charge is 2.25. The van der Waals surface area contributed by atoms with E-state index in [4.69, 9.17) is 0 Å². The van der Waals surface area contributed by atoms with Gasteiger partial charge in [0.25, 0.3) is 0 Å². The monoisotopic (exact) mass is 329 g/mol. The van der Waals surface area contributed by atoms with Crippen molar-refractivity contribution in [1.82, 2.24) is 10.2 Å². The maximum absolute atomic E-state index is 12.2. The van der Waals surface area contributed by atoms with Crippen LogP contribution in [0.3, 0.4) is 0 Å². The van der Waals surface area contributed by atoms with E-state index in [1.807, 2.05) is 25.1 Å². The average molecular weight is 329 g/mol. The number of rotatable bonds is 6. The Morgan fingerprint density at radius 3 is 2.58 bits per heavy atom. The van der Waals surface area contributed by atoms with E-state index < -0.39 is 0 Å². The molecular formula is C19H27N3O2. The second-order valence-electron chi connectivity index (χ2n) is 6.43. The molecule has 0 spiro atoms. The van der Waals surface area contributed by atoms with Crippen molar-refractivity contribution < 1.29 is 9.59 Å². The van der Waals surface area contributed by atoms with Gasteiger partial charge in [-0.3, -0.25) is 14.5 Å². The van der Waals surface area contributed by atoms with E-state index >= 15 is 0 Å². The van der Waals surface area contributed by atoms with Crippen LogP contribution in [-0.4, -0.2) is 42.9 Å². The van der Waals surface area contributed by atoms with Crippen molar-refractivity contribution in [1.29, 1.82) is 0 Å². The standard InChI is InChI=1S/C19H27N3O2/c1-4-9-20-19(24)16-7-10-22(11-8-16)13-18(23)21-17-6-5-14(2)15(3)12-17/h4-6,12,16H,1,7-11,13H2,2-3H3,(H,20,24)(H,21,23). The van der Waals surface area contributed by atoms with Crippen molar-refractivity contribution in [2.45, 2.75) is 26.7 Å². The first-order valence-electron chi connectivity index (χ1n) is 8.47. The third-order valence-corrected chi connectivity index (χ3v) is 4.54. The molecule has 0 atom stereocenters. The lowest BCUT2D eigenvalue weighted by molar-refractivity contribution is -0.126. The molecule has 1 aliphatic rings. The molecule has 0 bridgehead atoms. The molecule has 24 heavy (non-hydrogen) atoms. The summed E-state index contributed by atoms with van der Waals surface area (Å²) >= 11 is 0. The molecular weight excluding hydrogens is 302 g/mol. The number of nitrogens with zero attached hydrogens (tertiary/aromatic N) is 1. The van der Waals surface area contributed by atoms with E-state index in [0.717, 1.165) is 31.6 Å². The zero-order valence-electron chi connectivity index (χ0n) is 14.6. The van der Waals surface area contributed by atoms with Crippen LogP contribution in [0.5, 0.6) is 0 Å². The predicted molar refractivity (Wildman–Crippen MR) is 96.9 cm³/mol. The Hall–Kier alpha value is -2.14. The van der Waals surface area contributed by atoms with E-state index in [1.165, 1.54) is 11.1 Å². The lowest BCUT2D eigenvalue weighted by Gasteiger charge is -2.30. The number of carbonyl (C=O) groups is 2. The van der Waals surface area contributed by atoms with Crippen LogP contribution in [0.25, 0.3) is 0 Å². The molecule has 1 aliphatic heterocycles. The number of likely N-dealkylation sites (tertiary alicyclic amines) is 1. The highest BCUT2D eigenvalue weighted by atomic mass is 16.2. The number of nitrogens with one attached hydrogen (secondary N) is 2. The fraction of sp³-hybridized carbons (Fsp3) is 0.474. The summed E-state index contributed by atoms with van der Waals surface area (Å²) in [5, 5.41) is 5.79. The minimum Gasteiger partial charge on any atom is -0.352 e. The van der Waals surface area contributed by atoms with E-state index in [2.05, 4.69) is 29.0 Å². The molecule has 1 fully saturated rings. The number of aryl methyl sites for hydroxylation is 2. The van der Waals surface area contributed by atoms with Crippen LogP contribution in [0.4, 0.5) is 5.69 Å². The van der Waals surface area contributed by atoms with Crippen LogP contribution in [0.2, 0.25) is 0 Å². The molecule has 0 saturated carbocycles. The third-order valence-electron chi connectivity index (χ3n) is 4.54. The zero-order chi connectivity index (χ0) is 17.5. The fourth-order valence-corrected chi connectivity index (χ4v) is 2.89. The van der Waals surface area contributed by atoms with Gasteiger partial charge in [0.2, 0.25) is 11.8 Å². The lowest BCUT2D eigenvalue weighted by atomic mass is 9.96. The number of hydrogen-bond donors (Lipinski definition) is 2. The minimum atomic E-state index is -0.00666. The first-order chi connectivity index (χ1) is 11.5. The van der Waals surface area contributed by atoms with E-state index in [1.54, 1.807) is 6.08 Å². The maximum atomic E-state index is 12.2. The highest BCUT2D eigenvalue weighted by molar-refractivity contribution is 5.92. The molecule has 1 heterocycles. The number of benzene rings is 1. The molecule has 0 unspecified atom stereocenters. The number of hydrogen-bond acceptors (Lipinski definition) is 3. The van der Waals surface area contributed by atoms with Gasteiger partial charge in [-0.1, -0.05) is 12.1 Å². The van der Waals surface area contributed by atoms with Gasteiger partial charge in [0, 0.05) is 18.2 Å². The first kappa shape index (κ1) is 18.2. The molecule has 5 heteroatoms. The molecule has 5 nitrogen and oxygen atoms in total. The van der Waals surface area contributed by atoms with Gasteiger partial charge in [0.05, 0.1) is 6.54 Å². The summed E-state index contributed by atoms with van der Waals surface area (Å²) in [5.41, 5.74) is 3.21. The van der Waals surface area contributed by atoms with Crippen LogP contribution < -0.4 is 10.6 Å². The van der Waals surface area contributed by atoms with Crippen LogP contribution in [0.15, 0.2) is 30.9 Å². The number of piperidine rings is 1. The second kappa shape index (κ2) is 8.64. The summed E-state index contributed by atoms with van der Waals surface area (Å²) in [4.78, 5) is 26.2.